The smallest absolute Gasteiger partial charge is 0.362 e. The van der Waals surface area contributed by atoms with Crippen molar-refractivity contribution in [1.82, 2.24) is 15.1 Å². The van der Waals surface area contributed by atoms with Crippen LogP contribution in [0.25, 0.3) is 0 Å². The lowest BCUT2D eigenvalue weighted by atomic mass is 9.97. The largest absolute Gasteiger partial charge is 0.410 e. The van der Waals surface area contributed by atoms with Gasteiger partial charge in [-0.1, -0.05) is 53.0 Å². The summed E-state index contributed by atoms with van der Waals surface area (Å²) in [5.41, 5.74) is 0.487. The van der Waals surface area contributed by atoms with E-state index in [-0.39, 0.29) is 23.0 Å². The minimum atomic E-state index is -4.53. The number of aromatic nitrogens is 2. The maximum Gasteiger partial charge on any atom is 0.410 e. The molecule has 5 nitrogen and oxygen atoms in total. The molecule has 2 aromatic rings. The Hall–Kier alpha value is -1.74. The number of rotatable bonds is 5. The molecular weight excluding hydrogens is 461 g/mol. The van der Waals surface area contributed by atoms with Crippen LogP contribution in [0.3, 0.4) is 0 Å². The summed E-state index contributed by atoms with van der Waals surface area (Å²) in [6.45, 7) is 2.38. The molecule has 1 aliphatic rings. The van der Waals surface area contributed by atoms with E-state index in [0.717, 1.165) is 22.0 Å². The first-order valence-electron chi connectivity index (χ1n) is 8.87. The fourth-order valence-corrected chi connectivity index (χ4v) is 3.64. The van der Waals surface area contributed by atoms with Crippen molar-refractivity contribution in [2.24, 2.45) is 0 Å². The molecule has 0 saturated heterocycles. The molecule has 1 aromatic heterocycles. The number of fused-ring (bicyclic) bond motifs is 1. The van der Waals surface area contributed by atoms with E-state index >= 15 is 0 Å². The maximum absolute atomic E-state index is 13.7. The Morgan fingerprint density at radius 1 is 1.39 bits per heavy atom. The number of benzene rings is 1. The van der Waals surface area contributed by atoms with Gasteiger partial charge in [0.2, 0.25) is 0 Å². The Balaban J connectivity index is 1.96. The van der Waals surface area contributed by atoms with E-state index in [2.05, 4.69) is 31.7 Å². The third-order valence-corrected chi connectivity index (χ3v) is 5.49. The van der Waals surface area contributed by atoms with Crippen LogP contribution < -0.4 is 10.6 Å². The van der Waals surface area contributed by atoms with Crippen LogP contribution in [0, 0.1) is 0 Å². The van der Waals surface area contributed by atoms with Crippen molar-refractivity contribution in [2.45, 2.75) is 44.4 Å². The van der Waals surface area contributed by atoms with Crippen LogP contribution in [0.15, 0.2) is 28.7 Å². The zero-order valence-corrected chi connectivity index (χ0v) is 17.3. The lowest BCUT2D eigenvalue weighted by molar-refractivity contribution is -0.173. The molecule has 0 spiro atoms. The van der Waals surface area contributed by atoms with Gasteiger partial charge >= 0.3 is 6.18 Å². The number of unbranched alkanes of at least 4 members (excludes halogenated alkanes) is 1. The topological polar surface area (TPSA) is 59.0 Å². The summed E-state index contributed by atoms with van der Waals surface area (Å²) in [6.07, 6.45) is -3.16. The third kappa shape index (κ3) is 4.30. The van der Waals surface area contributed by atoms with Crippen molar-refractivity contribution < 1.29 is 18.0 Å². The van der Waals surface area contributed by atoms with Gasteiger partial charge in [-0.3, -0.25) is 4.79 Å². The molecule has 2 N–H and O–H groups in total. The van der Waals surface area contributed by atoms with Crippen LogP contribution in [-0.4, -0.2) is 28.4 Å². The van der Waals surface area contributed by atoms with E-state index in [9.17, 15) is 18.0 Å². The van der Waals surface area contributed by atoms with E-state index in [1.165, 1.54) is 0 Å². The molecule has 0 aliphatic carbocycles. The van der Waals surface area contributed by atoms with E-state index in [1.54, 1.807) is 24.3 Å². The van der Waals surface area contributed by atoms with E-state index in [1.807, 2.05) is 6.92 Å². The van der Waals surface area contributed by atoms with Crippen molar-refractivity contribution in [3.63, 3.8) is 0 Å². The SMILES string of the molecule is CCCCNC(=O)c1nn2c(c1Cl)N[C@@H](c1ccc(Br)cc1)C[C@H]2C(F)(F)F. The highest BCUT2D eigenvalue weighted by molar-refractivity contribution is 9.10. The van der Waals surface area contributed by atoms with Crippen molar-refractivity contribution in [3.05, 3.63) is 45.0 Å². The van der Waals surface area contributed by atoms with Gasteiger partial charge in [-0.25, -0.2) is 4.68 Å². The van der Waals surface area contributed by atoms with Crippen LogP contribution in [-0.2, 0) is 0 Å². The lowest BCUT2D eigenvalue weighted by Crippen LogP contribution is -2.36. The van der Waals surface area contributed by atoms with Gasteiger partial charge < -0.3 is 10.6 Å². The quantitative estimate of drug-likeness (QED) is 0.558. The molecule has 0 saturated carbocycles. The molecule has 0 unspecified atom stereocenters. The molecule has 0 radical (unpaired) electrons. The predicted molar refractivity (Wildman–Crippen MR) is 105 cm³/mol. The van der Waals surface area contributed by atoms with Crippen LogP contribution >= 0.6 is 27.5 Å². The molecule has 1 aromatic carbocycles. The number of hydrogen-bond donors (Lipinski definition) is 2. The molecule has 152 valence electrons. The zero-order valence-electron chi connectivity index (χ0n) is 15.0. The number of amides is 1. The summed E-state index contributed by atoms with van der Waals surface area (Å²) in [6, 6.07) is 4.52. The predicted octanol–water partition coefficient (Wildman–Crippen LogP) is 5.49. The number of hydrogen-bond acceptors (Lipinski definition) is 3. The fraction of sp³-hybridized carbons (Fsp3) is 0.444. The highest BCUT2D eigenvalue weighted by Gasteiger charge is 2.47. The number of anilines is 1. The summed E-state index contributed by atoms with van der Waals surface area (Å²) in [5.74, 6) is -0.577. The standard InChI is InChI=1S/C18H19BrClF3N4O/c1-2-3-8-24-17(28)15-14(20)16-25-12(10-4-6-11(19)7-5-10)9-13(18(21,22)23)27(16)26-15/h4-7,12-13,25H,2-3,8-9H2,1H3,(H,24,28)/t12-,13+/m1/s1. The van der Waals surface area contributed by atoms with Crippen LogP contribution in [0.5, 0.6) is 0 Å². The van der Waals surface area contributed by atoms with Crippen LogP contribution in [0.2, 0.25) is 5.02 Å². The van der Waals surface area contributed by atoms with Crippen molar-refractivity contribution in [3.8, 4) is 0 Å². The maximum atomic E-state index is 13.7. The lowest BCUT2D eigenvalue weighted by Gasteiger charge is -2.33. The molecule has 0 fully saturated rings. The molecule has 3 rings (SSSR count). The molecular formula is C18H19BrClF3N4O. The van der Waals surface area contributed by atoms with E-state index < -0.39 is 24.2 Å². The third-order valence-electron chi connectivity index (χ3n) is 4.60. The van der Waals surface area contributed by atoms with Crippen molar-refractivity contribution in [2.75, 3.05) is 11.9 Å². The number of carbonyl (C=O) groups is 1. The van der Waals surface area contributed by atoms with Gasteiger partial charge in [0.05, 0.1) is 6.04 Å². The van der Waals surface area contributed by atoms with Crippen molar-refractivity contribution in [1.29, 1.82) is 0 Å². The Morgan fingerprint density at radius 2 is 2.07 bits per heavy atom. The minimum absolute atomic E-state index is 0.00352. The van der Waals surface area contributed by atoms with E-state index in [0.29, 0.717) is 12.1 Å². The van der Waals surface area contributed by atoms with Gasteiger partial charge in [-0.2, -0.15) is 18.3 Å². The Morgan fingerprint density at radius 3 is 2.68 bits per heavy atom. The van der Waals surface area contributed by atoms with Crippen LogP contribution in [0.4, 0.5) is 19.0 Å². The number of halogens is 5. The van der Waals surface area contributed by atoms with Crippen molar-refractivity contribution >= 4 is 39.3 Å². The molecule has 0 bridgehead atoms. The van der Waals surface area contributed by atoms with Gasteiger partial charge in [0.25, 0.3) is 5.91 Å². The Bertz CT molecular complexity index is 854. The van der Waals surface area contributed by atoms with Gasteiger partial charge in [-0.15, -0.1) is 0 Å². The average Bonchev–Trinajstić information content (AvgIpc) is 2.98. The molecule has 1 aliphatic heterocycles. The number of nitrogens with one attached hydrogen (secondary N) is 2. The van der Waals surface area contributed by atoms with Gasteiger partial charge in [0, 0.05) is 17.4 Å². The summed E-state index contributed by atoms with van der Waals surface area (Å²) in [7, 11) is 0. The normalized spacial score (nSPS) is 19.1. The summed E-state index contributed by atoms with van der Waals surface area (Å²) < 4.78 is 42.8. The monoisotopic (exact) mass is 478 g/mol. The van der Waals surface area contributed by atoms with E-state index in [4.69, 9.17) is 11.6 Å². The number of nitrogens with zero attached hydrogens (tertiary/aromatic N) is 2. The fourth-order valence-electron chi connectivity index (χ4n) is 3.11. The molecule has 10 heteroatoms. The van der Waals surface area contributed by atoms with Gasteiger partial charge in [0.1, 0.15) is 10.8 Å². The first-order chi connectivity index (χ1) is 13.2. The number of carbonyl (C=O) groups excluding carboxylic acids is 1. The van der Waals surface area contributed by atoms with Gasteiger partial charge in [0.15, 0.2) is 11.7 Å². The second kappa shape index (κ2) is 8.32. The molecule has 2 heterocycles. The number of alkyl halides is 3. The minimum Gasteiger partial charge on any atom is -0.362 e. The summed E-state index contributed by atoms with van der Waals surface area (Å²) in [4.78, 5) is 12.3. The second-order valence-electron chi connectivity index (χ2n) is 6.61. The first-order valence-corrected chi connectivity index (χ1v) is 10.0. The average molecular weight is 480 g/mol. The first kappa shape index (κ1) is 21.0. The molecule has 2 atom stereocenters. The Kier molecular flexibility index (Phi) is 6.24. The second-order valence-corrected chi connectivity index (χ2v) is 7.90. The zero-order chi connectivity index (χ0) is 20.5. The highest BCUT2D eigenvalue weighted by Crippen LogP contribution is 2.46. The molecule has 28 heavy (non-hydrogen) atoms. The molecule has 1 amide bonds. The summed E-state index contributed by atoms with van der Waals surface area (Å²) in [5, 5.41) is 9.45. The Labute approximate surface area is 173 Å². The summed E-state index contributed by atoms with van der Waals surface area (Å²) >= 11 is 9.58. The van der Waals surface area contributed by atoms with Crippen LogP contribution in [0.1, 0.15) is 54.3 Å². The van der Waals surface area contributed by atoms with Gasteiger partial charge in [-0.05, 0) is 24.1 Å². The highest BCUT2D eigenvalue weighted by atomic mass is 79.9.